The first-order chi connectivity index (χ1) is 6.96. The fourth-order valence-electron chi connectivity index (χ4n) is 1.33. The van der Waals surface area contributed by atoms with Gasteiger partial charge in [-0.2, -0.15) is 0 Å². The maximum absolute atomic E-state index is 11.6. The first kappa shape index (κ1) is 12.5. The van der Waals surface area contributed by atoms with Crippen LogP contribution in [0.3, 0.4) is 0 Å². The molecule has 0 spiro atoms. The van der Waals surface area contributed by atoms with Crippen LogP contribution >= 0.6 is 15.9 Å². The van der Waals surface area contributed by atoms with E-state index in [1.807, 2.05) is 6.92 Å². The Kier molecular flexibility index (Phi) is 4.16. The van der Waals surface area contributed by atoms with Crippen LogP contribution in [0.4, 0.5) is 5.69 Å². The quantitative estimate of drug-likeness (QED) is 0.867. The Balaban J connectivity index is 2.95. The van der Waals surface area contributed by atoms with Crippen molar-refractivity contribution in [1.82, 2.24) is 0 Å². The fraction of sp³-hybridized carbons (Fsp3) is 0.400. The fourth-order valence-corrected chi connectivity index (χ4v) is 3.40. The van der Waals surface area contributed by atoms with Crippen molar-refractivity contribution in [2.75, 3.05) is 11.5 Å². The molecule has 1 aromatic carbocycles. The van der Waals surface area contributed by atoms with E-state index in [0.29, 0.717) is 16.6 Å². The second-order valence-electron chi connectivity index (χ2n) is 3.41. The summed E-state index contributed by atoms with van der Waals surface area (Å²) in [7, 11) is -3.01. The van der Waals surface area contributed by atoms with Crippen molar-refractivity contribution in [3.63, 3.8) is 0 Å². The van der Waals surface area contributed by atoms with Gasteiger partial charge in [0, 0.05) is 10.2 Å². The number of hydrogen-bond acceptors (Lipinski definition) is 3. The number of halogens is 1. The normalized spacial score (nSPS) is 11.6. The van der Waals surface area contributed by atoms with Crippen LogP contribution in [0.1, 0.15) is 18.9 Å². The maximum atomic E-state index is 11.6. The molecule has 0 fully saturated rings. The van der Waals surface area contributed by atoms with Crippen LogP contribution in [0.5, 0.6) is 0 Å². The third kappa shape index (κ3) is 3.50. The van der Waals surface area contributed by atoms with E-state index in [1.165, 1.54) is 0 Å². The summed E-state index contributed by atoms with van der Waals surface area (Å²) in [5, 5.41) is 0. The van der Waals surface area contributed by atoms with E-state index in [-0.39, 0.29) is 11.5 Å². The van der Waals surface area contributed by atoms with Crippen molar-refractivity contribution in [2.45, 2.75) is 19.1 Å². The van der Waals surface area contributed by atoms with Gasteiger partial charge in [-0.25, -0.2) is 8.42 Å². The summed E-state index contributed by atoms with van der Waals surface area (Å²) >= 11 is 3.29. The zero-order valence-electron chi connectivity index (χ0n) is 8.53. The summed E-state index contributed by atoms with van der Waals surface area (Å²) in [6.07, 6.45) is 0.641. The molecule has 0 aromatic heterocycles. The SMILES string of the molecule is CCCS(=O)(=O)Cc1cccc(N)c1Br. The number of nitrogen functional groups attached to an aromatic ring is 1. The summed E-state index contributed by atoms with van der Waals surface area (Å²) in [5.41, 5.74) is 6.97. The third-order valence-electron chi connectivity index (χ3n) is 2.00. The number of sulfone groups is 1. The number of anilines is 1. The average molecular weight is 292 g/mol. The highest BCUT2D eigenvalue weighted by atomic mass is 79.9. The molecule has 0 aliphatic carbocycles. The summed E-state index contributed by atoms with van der Waals surface area (Å²) in [4.78, 5) is 0. The monoisotopic (exact) mass is 291 g/mol. The van der Waals surface area contributed by atoms with Crippen molar-refractivity contribution in [2.24, 2.45) is 0 Å². The molecule has 0 radical (unpaired) electrons. The highest BCUT2D eigenvalue weighted by molar-refractivity contribution is 9.10. The molecule has 0 saturated heterocycles. The minimum Gasteiger partial charge on any atom is -0.398 e. The van der Waals surface area contributed by atoms with Crippen LogP contribution in [-0.4, -0.2) is 14.2 Å². The van der Waals surface area contributed by atoms with Crippen LogP contribution in [0.25, 0.3) is 0 Å². The molecule has 0 heterocycles. The highest BCUT2D eigenvalue weighted by Crippen LogP contribution is 2.25. The topological polar surface area (TPSA) is 60.2 Å². The molecule has 0 aliphatic heterocycles. The van der Waals surface area contributed by atoms with E-state index >= 15 is 0 Å². The Hall–Kier alpha value is -0.550. The van der Waals surface area contributed by atoms with Crippen LogP contribution in [0, 0.1) is 0 Å². The molecule has 0 unspecified atom stereocenters. The smallest absolute Gasteiger partial charge is 0.154 e. The number of benzene rings is 1. The van der Waals surface area contributed by atoms with Gasteiger partial charge in [0.15, 0.2) is 9.84 Å². The second kappa shape index (κ2) is 4.99. The number of nitrogens with two attached hydrogens (primary N) is 1. The number of rotatable bonds is 4. The molecule has 15 heavy (non-hydrogen) atoms. The Morgan fingerprint density at radius 3 is 2.67 bits per heavy atom. The molecule has 84 valence electrons. The van der Waals surface area contributed by atoms with Gasteiger partial charge in [-0.1, -0.05) is 19.1 Å². The largest absolute Gasteiger partial charge is 0.398 e. The van der Waals surface area contributed by atoms with E-state index in [9.17, 15) is 8.42 Å². The molecule has 0 amide bonds. The van der Waals surface area contributed by atoms with Gasteiger partial charge in [0.05, 0.1) is 11.5 Å². The Bertz CT molecular complexity index is 443. The van der Waals surface area contributed by atoms with Gasteiger partial charge in [-0.05, 0) is 34.0 Å². The molecule has 1 aromatic rings. The summed E-state index contributed by atoms with van der Waals surface area (Å²) in [6, 6.07) is 5.27. The van der Waals surface area contributed by atoms with Crippen molar-refractivity contribution < 1.29 is 8.42 Å². The Labute approximate surface area is 98.7 Å². The summed E-state index contributed by atoms with van der Waals surface area (Å²) in [5.74, 6) is 0.265. The summed E-state index contributed by atoms with van der Waals surface area (Å²) in [6.45, 7) is 1.85. The number of hydrogen-bond donors (Lipinski definition) is 1. The van der Waals surface area contributed by atoms with Gasteiger partial charge in [0.25, 0.3) is 0 Å². The van der Waals surface area contributed by atoms with Crippen LogP contribution in [-0.2, 0) is 15.6 Å². The minimum atomic E-state index is -3.01. The molecular formula is C10H14BrNO2S. The molecule has 0 saturated carbocycles. The Morgan fingerprint density at radius 2 is 2.07 bits per heavy atom. The van der Waals surface area contributed by atoms with Crippen molar-refractivity contribution in [3.8, 4) is 0 Å². The van der Waals surface area contributed by atoms with Gasteiger partial charge >= 0.3 is 0 Å². The van der Waals surface area contributed by atoms with Crippen LogP contribution < -0.4 is 5.73 Å². The molecule has 2 N–H and O–H groups in total. The second-order valence-corrected chi connectivity index (χ2v) is 6.39. The van der Waals surface area contributed by atoms with E-state index in [0.717, 1.165) is 5.56 Å². The first-order valence-corrected chi connectivity index (χ1v) is 7.31. The molecule has 0 bridgehead atoms. The standard InChI is InChI=1S/C10H14BrNO2S/c1-2-6-15(13,14)7-8-4-3-5-9(12)10(8)11/h3-5H,2,6-7,12H2,1H3. The molecule has 5 heteroatoms. The molecule has 1 rings (SSSR count). The van der Waals surface area contributed by atoms with Gasteiger partial charge < -0.3 is 5.73 Å². The van der Waals surface area contributed by atoms with Crippen molar-refractivity contribution in [1.29, 1.82) is 0 Å². The van der Waals surface area contributed by atoms with E-state index in [1.54, 1.807) is 18.2 Å². The lowest BCUT2D eigenvalue weighted by Gasteiger charge is -2.07. The first-order valence-electron chi connectivity index (χ1n) is 4.69. The zero-order valence-corrected chi connectivity index (χ0v) is 10.9. The average Bonchev–Trinajstić information content (AvgIpc) is 2.12. The van der Waals surface area contributed by atoms with Crippen molar-refractivity contribution in [3.05, 3.63) is 28.2 Å². The zero-order chi connectivity index (χ0) is 11.5. The molecular weight excluding hydrogens is 278 g/mol. The lowest BCUT2D eigenvalue weighted by atomic mass is 10.2. The lowest BCUT2D eigenvalue weighted by molar-refractivity contribution is 0.594. The predicted octanol–water partition coefficient (Wildman–Crippen LogP) is 2.36. The highest BCUT2D eigenvalue weighted by Gasteiger charge is 2.13. The molecule has 0 atom stereocenters. The van der Waals surface area contributed by atoms with Gasteiger partial charge in [0.1, 0.15) is 0 Å². The maximum Gasteiger partial charge on any atom is 0.154 e. The van der Waals surface area contributed by atoms with Gasteiger partial charge in [-0.15, -0.1) is 0 Å². The summed E-state index contributed by atoms with van der Waals surface area (Å²) < 4.78 is 23.9. The van der Waals surface area contributed by atoms with E-state index in [2.05, 4.69) is 15.9 Å². The molecule has 3 nitrogen and oxygen atoms in total. The van der Waals surface area contributed by atoms with Gasteiger partial charge in [-0.3, -0.25) is 0 Å². The lowest BCUT2D eigenvalue weighted by Crippen LogP contribution is -2.09. The van der Waals surface area contributed by atoms with Crippen LogP contribution in [0.2, 0.25) is 0 Å². The minimum absolute atomic E-state index is 0.0481. The molecule has 0 aliphatic rings. The predicted molar refractivity (Wildman–Crippen MR) is 66.3 cm³/mol. The third-order valence-corrected chi connectivity index (χ3v) is 4.75. The van der Waals surface area contributed by atoms with Crippen LogP contribution in [0.15, 0.2) is 22.7 Å². The van der Waals surface area contributed by atoms with Crippen molar-refractivity contribution >= 4 is 31.5 Å². The Morgan fingerprint density at radius 1 is 1.40 bits per heavy atom. The van der Waals surface area contributed by atoms with E-state index < -0.39 is 9.84 Å². The van der Waals surface area contributed by atoms with Gasteiger partial charge in [0.2, 0.25) is 0 Å². The van der Waals surface area contributed by atoms with E-state index in [4.69, 9.17) is 5.73 Å².